The van der Waals surface area contributed by atoms with E-state index in [9.17, 15) is 14.4 Å². The first-order chi connectivity index (χ1) is 14.5. The zero-order chi connectivity index (χ0) is 21.1. The van der Waals surface area contributed by atoms with Gasteiger partial charge in [0.2, 0.25) is 12.7 Å². The smallest absolute Gasteiger partial charge is 0.254 e. The molecule has 1 saturated heterocycles. The lowest BCUT2D eigenvalue weighted by atomic mass is 10.1. The van der Waals surface area contributed by atoms with Gasteiger partial charge in [0, 0.05) is 55.8 Å². The van der Waals surface area contributed by atoms with Crippen LogP contribution in [0, 0.1) is 0 Å². The Labute approximate surface area is 173 Å². The number of nitrogens with zero attached hydrogens (tertiary/aromatic N) is 3. The molecule has 2 aromatic rings. The Bertz CT molecular complexity index is 971. The van der Waals surface area contributed by atoms with Crippen LogP contribution in [0.5, 0.6) is 11.5 Å². The molecule has 2 amide bonds. The molecule has 0 spiro atoms. The van der Waals surface area contributed by atoms with Crippen LogP contribution in [0.25, 0.3) is 0 Å². The first kappa shape index (κ1) is 19.8. The average Bonchev–Trinajstić information content (AvgIpc) is 3.21. The number of pyridine rings is 1. The van der Waals surface area contributed by atoms with Gasteiger partial charge in [-0.05, 0) is 25.1 Å². The molecule has 2 aliphatic heterocycles. The maximum atomic E-state index is 12.6. The summed E-state index contributed by atoms with van der Waals surface area (Å²) in [5, 5.41) is 2.80. The third-order valence-corrected chi connectivity index (χ3v) is 5.12. The van der Waals surface area contributed by atoms with Crippen LogP contribution in [0.15, 0.2) is 36.7 Å². The summed E-state index contributed by atoms with van der Waals surface area (Å²) in [7, 11) is 0. The maximum Gasteiger partial charge on any atom is 0.254 e. The lowest BCUT2D eigenvalue weighted by molar-refractivity contribution is -0.117. The lowest BCUT2D eigenvalue weighted by Gasteiger charge is -2.34. The van der Waals surface area contributed by atoms with Gasteiger partial charge in [-0.2, -0.15) is 0 Å². The van der Waals surface area contributed by atoms with E-state index in [1.165, 1.54) is 6.92 Å². The van der Waals surface area contributed by atoms with Crippen LogP contribution < -0.4 is 14.8 Å². The number of carbonyl (C=O) groups excluding carboxylic acids is 3. The summed E-state index contributed by atoms with van der Waals surface area (Å²) in [6.45, 7) is 3.95. The van der Waals surface area contributed by atoms with E-state index in [1.54, 1.807) is 41.6 Å². The molecule has 30 heavy (non-hydrogen) atoms. The summed E-state index contributed by atoms with van der Waals surface area (Å²) in [6.07, 6.45) is 3.19. The third kappa shape index (κ3) is 4.25. The topological polar surface area (TPSA) is 101 Å². The number of ketones is 1. The van der Waals surface area contributed by atoms with Crippen LogP contribution in [-0.4, -0.2) is 71.9 Å². The van der Waals surface area contributed by atoms with Crippen molar-refractivity contribution in [2.45, 2.75) is 6.92 Å². The van der Waals surface area contributed by atoms with Crippen LogP contribution >= 0.6 is 0 Å². The number of Topliss-reactive ketones (excluding diaryl/α,β-unsaturated/α-hetero) is 1. The highest BCUT2D eigenvalue weighted by atomic mass is 16.7. The van der Waals surface area contributed by atoms with Crippen molar-refractivity contribution in [3.63, 3.8) is 0 Å². The number of piperazine rings is 1. The minimum atomic E-state index is -0.231. The minimum absolute atomic E-state index is 0.0343. The molecule has 9 heteroatoms. The van der Waals surface area contributed by atoms with Crippen molar-refractivity contribution in [1.82, 2.24) is 14.8 Å². The summed E-state index contributed by atoms with van der Waals surface area (Å²) in [5.74, 6) is 0.553. The van der Waals surface area contributed by atoms with E-state index in [0.717, 1.165) is 0 Å². The molecule has 1 aromatic heterocycles. The molecule has 156 valence electrons. The van der Waals surface area contributed by atoms with Gasteiger partial charge < -0.3 is 19.7 Å². The molecule has 3 heterocycles. The normalized spacial score (nSPS) is 15.7. The van der Waals surface area contributed by atoms with E-state index in [4.69, 9.17) is 9.47 Å². The standard InChI is InChI=1S/C21H22N4O5/c1-14(26)16-10-18-19(30-13-29-18)11-17(16)23-20(27)12-24-6-8-25(9-7-24)21(28)15-2-4-22-5-3-15/h2-5,10-11H,6-9,12-13H2,1H3,(H,23,27). The highest BCUT2D eigenvalue weighted by Crippen LogP contribution is 2.37. The fraction of sp³-hybridized carbons (Fsp3) is 0.333. The molecule has 1 N–H and O–H groups in total. The fourth-order valence-electron chi connectivity index (χ4n) is 3.52. The Balaban J connectivity index is 1.34. The quantitative estimate of drug-likeness (QED) is 0.744. The van der Waals surface area contributed by atoms with E-state index < -0.39 is 0 Å². The van der Waals surface area contributed by atoms with Crippen LogP contribution in [0.3, 0.4) is 0 Å². The zero-order valence-corrected chi connectivity index (χ0v) is 16.6. The second kappa shape index (κ2) is 8.50. The molecular formula is C21H22N4O5. The van der Waals surface area contributed by atoms with Gasteiger partial charge in [0.15, 0.2) is 17.3 Å². The van der Waals surface area contributed by atoms with Crippen molar-refractivity contribution < 1.29 is 23.9 Å². The van der Waals surface area contributed by atoms with Gasteiger partial charge in [-0.1, -0.05) is 0 Å². The van der Waals surface area contributed by atoms with Crippen LogP contribution in [0.1, 0.15) is 27.6 Å². The molecule has 0 bridgehead atoms. The van der Waals surface area contributed by atoms with E-state index in [0.29, 0.717) is 54.5 Å². The first-order valence-electron chi connectivity index (χ1n) is 9.67. The molecule has 1 fully saturated rings. The number of hydrogen-bond acceptors (Lipinski definition) is 7. The predicted octanol–water partition coefficient (Wildman–Crippen LogP) is 1.41. The second-order valence-corrected chi connectivity index (χ2v) is 7.16. The molecule has 9 nitrogen and oxygen atoms in total. The summed E-state index contributed by atoms with van der Waals surface area (Å²) < 4.78 is 10.6. The van der Waals surface area contributed by atoms with Crippen LogP contribution in [-0.2, 0) is 4.79 Å². The molecule has 0 unspecified atom stereocenters. The largest absolute Gasteiger partial charge is 0.454 e. The Hall–Kier alpha value is -3.46. The van der Waals surface area contributed by atoms with Crippen LogP contribution in [0.4, 0.5) is 5.69 Å². The molecule has 0 radical (unpaired) electrons. The lowest BCUT2D eigenvalue weighted by Crippen LogP contribution is -2.50. The second-order valence-electron chi connectivity index (χ2n) is 7.16. The molecule has 4 rings (SSSR count). The van der Waals surface area contributed by atoms with Gasteiger partial charge in [-0.15, -0.1) is 0 Å². The highest BCUT2D eigenvalue weighted by Gasteiger charge is 2.24. The van der Waals surface area contributed by atoms with E-state index >= 15 is 0 Å². The SMILES string of the molecule is CC(=O)c1cc2c(cc1NC(=O)CN1CCN(C(=O)c3ccncc3)CC1)OCO2. The minimum Gasteiger partial charge on any atom is -0.454 e. The predicted molar refractivity (Wildman–Crippen MR) is 108 cm³/mol. The van der Waals surface area contributed by atoms with Gasteiger partial charge >= 0.3 is 0 Å². The number of rotatable bonds is 5. The maximum absolute atomic E-state index is 12.6. The number of ether oxygens (including phenoxy) is 2. The van der Waals surface area contributed by atoms with Gasteiger partial charge in [-0.25, -0.2) is 0 Å². The van der Waals surface area contributed by atoms with Crippen molar-refractivity contribution in [2.75, 3.05) is 44.8 Å². The van der Waals surface area contributed by atoms with Gasteiger partial charge in [0.05, 0.1) is 12.2 Å². The number of carbonyl (C=O) groups is 3. The van der Waals surface area contributed by atoms with Gasteiger partial charge in [-0.3, -0.25) is 24.3 Å². The Morgan fingerprint density at radius 3 is 2.37 bits per heavy atom. The first-order valence-corrected chi connectivity index (χ1v) is 9.67. The number of benzene rings is 1. The average molecular weight is 410 g/mol. The van der Waals surface area contributed by atoms with Crippen molar-refractivity contribution >= 4 is 23.3 Å². The van der Waals surface area contributed by atoms with Crippen molar-refractivity contribution in [3.8, 4) is 11.5 Å². The summed E-state index contributed by atoms with van der Waals surface area (Å²) in [6, 6.07) is 6.59. The molecule has 2 aliphatic rings. The fourth-order valence-corrected chi connectivity index (χ4v) is 3.52. The highest BCUT2D eigenvalue weighted by molar-refractivity contribution is 6.05. The molecular weight excluding hydrogens is 388 g/mol. The van der Waals surface area contributed by atoms with E-state index in [-0.39, 0.29) is 30.9 Å². The molecule has 0 atom stereocenters. The van der Waals surface area contributed by atoms with Crippen molar-refractivity contribution in [3.05, 3.63) is 47.8 Å². The van der Waals surface area contributed by atoms with Gasteiger partial charge in [0.1, 0.15) is 0 Å². The Morgan fingerprint density at radius 2 is 1.70 bits per heavy atom. The number of amides is 2. The monoisotopic (exact) mass is 410 g/mol. The number of fused-ring (bicyclic) bond motifs is 1. The van der Waals surface area contributed by atoms with E-state index in [1.807, 2.05) is 4.90 Å². The zero-order valence-electron chi connectivity index (χ0n) is 16.6. The third-order valence-electron chi connectivity index (χ3n) is 5.12. The summed E-state index contributed by atoms with van der Waals surface area (Å²) in [5.41, 5.74) is 1.39. The Morgan fingerprint density at radius 1 is 1.03 bits per heavy atom. The number of anilines is 1. The van der Waals surface area contributed by atoms with Gasteiger partial charge in [0.25, 0.3) is 5.91 Å². The summed E-state index contributed by atoms with van der Waals surface area (Å²) in [4.78, 5) is 44.7. The molecule has 0 saturated carbocycles. The van der Waals surface area contributed by atoms with Crippen molar-refractivity contribution in [2.24, 2.45) is 0 Å². The molecule has 1 aromatic carbocycles. The van der Waals surface area contributed by atoms with Crippen molar-refractivity contribution in [1.29, 1.82) is 0 Å². The Kier molecular flexibility index (Phi) is 5.62. The number of nitrogens with one attached hydrogen (secondary N) is 1. The van der Waals surface area contributed by atoms with E-state index in [2.05, 4.69) is 10.3 Å². The number of hydrogen-bond donors (Lipinski definition) is 1. The van der Waals surface area contributed by atoms with Crippen LogP contribution in [0.2, 0.25) is 0 Å². The molecule has 0 aliphatic carbocycles. The summed E-state index contributed by atoms with van der Waals surface area (Å²) >= 11 is 0. The number of aromatic nitrogens is 1.